The van der Waals surface area contributed by atoms with Crippen LogP contribution < -0.4 is 10.6 Å². The minimum Gasteiger partial charge on any atom is -0.465 e. The monoisotopic (exact) mass is 434 g/mol. The molecule has 7 heteroatoms. The number of benzene rings is 1. The van der Waals surface area contributed by atoms with E-state index in [1.807, 2.05) is 48.7 Å². The van der Waals surface area contributed by atoms with Gasteiger partial charge in [-0.3, -0.25) is 9.78 Å². The molecule has 1 aliphatic carbocycles. The molecule has 7 nitrogen and oxygen atoms in total. The van der Waals surface area contributed by atoms with Gasteiger partial charge in [-0.05, 0) is 43.5 Å². The molecule has 0 radical (unpaired) electrons. The number of H-pyrrole nitrogens is 1. The van der Waals surface area contributed by atoms with Crippen molar-refractivity contribution in [3.05, 3.63) is 66.1 Å². The molecule has 3 aromatic rings. The number of para-hydroxylation sites is 1. The molecule has 1 aliphatic rings. The van der Waals surface area contributed by atoms with Crippen molar-refractivity contribution in [2.75, 3.05) is 6.54 Å². The van der Waals surface area contributed by atoms with E-state index in [1.54, 1.807) is 13.1 Å². The molecule has 1 atom stereocenters. The first-order valence-corrected chi connectivity index (χ1v) is 11.2. The van der Waals surface area contributed by atoms with Crippen molar-refractivity contribution in [2.45, 2.75) is 56.4 Å². The number of aromatic amines is 1. The fraction of sp³-hybridized carbons (Fsp3) is 0.400. The largest absolute Gasteiger partial charge is 0.465 e. The summed E-state index contributed by atoms with van der Waals surface area (Å²) in [4.78, 5) is 32.8. The average molecular weight is 435 g/mol. The third kappa shape index (κ3) is 4.47. The maximum absolute atomic E-state index is 13.4. The maximum Gasteiger partial charge on any atom is 0.405 e. The molecule has 0 unspecified atom stereocenters. The van der Waals surface area contributed by atoms with Crippen molar-refractivity contribution in [1.29, 1.82) is 0 Å². The number of carbonyl (C=O) groups is 2. The molecule has 0 saturated heterocycles. The lowest BCUT2D eigenvalue weighted by atomic mass is 9.71. The van der Waals surface area contributed by atoms with E-state index in [9.17, 15) is 14.7 Å². The molecule has 2 heterocycles. The van der Waals surface area contributed by atoms with Crippen LogP contribution in [0.5, 0.6) is 0 Å². The lowest BCUT2D eigenvalue weighted by Crippen LogP contribution is -2.59. The first-order valence-electron chi connectivity index (χ1n) is 11.2. The highest BCUT2D eigenvalue weighted by atomic mass is 16.4. The minimum absolute atomic E-state index is 0.222. The summed E-state index contributed by atoms with van der Waals surface area (Å²) in [6.07, 6.45) is 7.92. The van der Waals surface area contributed by atoms with Crippen LogP contribution in [0.1, 0.15) is 50.3 Å². The standard InChI is InChI=1S/C25H30N4O3/c1-24(29-23(31)32,15-18-16-27-20-10-4-3-9-19(18)20)22(30)28-17-25(12-6-2-7-13-25)21-11-5-8-14-26-21/h3-5,8-11,14,16,27,29H,2,6-7,12-13,15,17H2,1H3,(H,28,30)(H,31,32)/t24-/m0/s1. The van der Waals surface area contributed by atoms with Crippen LogP contribution in [-0.2, 0) is 16.6 Å². The van der Waals surface area contributed by atoms with E-state index >= 15 is 0 Å². The van der Waals surface area contributed by atoms with Gasteiger partial charge in [0.15, 0.2) is 0 Å². The van der Waals surface area contributed by atoms with Crippen molar-refractivity contribution >= 4 is 22.9 Å². The normalized spacial score (nSPS) is 17.4. The van der Waals surface area contributed by atoms with Gasteiger partial charge >= 0.3 is 6.09 Å². The Morgan fingerprint density at radius 2 is 1.88 bits per heavy atom. The summed E-state index contributed by atoms with van der Waals surface area (Å²) in [5.74, 6) is -0.328. The van der Waals surface area contributed by atoms with Gasteiger partial charge in [0.25, 0.3) is 0 Å². The number of nitrogens with zero attached hydrogens (tertiary/aromatic N) is 1. The fourth-order valence-corrected chi connectivity index (χ4v) is 4.95. The van der Waals surface area contributed by atoms with Crippen LogP contribution in [0.3, 0.4) is 0 Å². The lowest BCUT2D eigenvalue weighted by molar-refractivity contribution is -0.127. The van der Waals surface area contributed by atoms with Gasteiger partial charge < -0.3 is 20.7 Å². The van der Waals surface area contributed by atoms with Gasteiger partial charge in [-0.1, -0.05) is 43.5 Å². The van der Waals surface area contributed by atoms with E-state index in [0.29, 0.717) is 6.54 Å². The van der Waals surface area contributed by atoms with Crippen molar-refractivity contribution in [1.82, 2.24) is 20.6 Å². The van der Waals surface area contributed by atoms with Gasteiger partial charge in [0.05, 0.1) is 0 Å². The maximum atomic E-state index is 13.4. The Kier molecular flexibility index (Phi) is 6.17. The second kappa shape index (κ2) is 9.02. The van der Waals surface area contributed by atoms with Crippen molar-refractivity contribution in [3.63, 3.8) is 0 Å². The summed E-state index contributed by atoms with van der Waals surface area (Å²) in [6.45, 7) is 2.08. The zero-order chi connectivity index (χ0) is 22.6. The molecular weight excluding hydrogens is 404 g/mol. The first kappa shape index (κ1) is 21.9. The summed E-state index contributed by atoms with van der Waals surface area (Å²) in [5.41, 5.74) is 1.31. The van der Waals surface area contributed by atoms with Gasteiger partial charge in [0.1, 0.15) is 5.54 Å². The van der Waals surface area contributed by atoms with Crippen LogP contribution in [0.25, 0.3) is 10.9 Å². The van der Waals surface area contributed by atoms with Crippen LogP contribution in [-0.4, -0.2) is 39.2 Å². The molecule has 1 saturated carbocycles. The number of carboxylic acid groups (broad SMARTS) is 1. The molecule has 1 aromatic carbocycles. The Morgan fingerprint density at radius 1 is 1.12 bits per heavy atom. The molecule has 0 bridgehead atoms. The van der Waals surface area contributed by atoms with Crippen LogP contribution in [0.2, 0.25) is 0 Å². The summed E-state index contributed by atoms with van der Waals surface area (Å²) >= 11 is 0. The Bertz CT molecular complexity index is 1090. The number of rotatable bonds is 7. The number of pyridine rings is 1. The molecule has 32 heavy (non-hydrogen) atoms. The van der Waals surface area contributed by atoms with E-state index in [0.717, 1.165) is 47.8 Å². The van der Waals surface area contributed by atoms with Gasteiger partial charge in [0, 0.05) is 47.4 Å². The molecular formula is C25H30N4O3. The Labute approximate surface area is 187 Å². The zero-order valence-electron chi connectivity index (χ0n) is 18.4. The van der Waals surface area contributed by atoms with E-state index in [-0.39, 0.29) is 17.7 Å². The van der Waals surface area contributed by atoms with Gasteiger partial charge in [-0.15, -0.1) is 0 Å². The average Bonchev–Trinajstić information content (AvgIpc) is 3.20. The molecule has 2 amide bonds. The molecule has 4 rings (SSSR count). The minimum atomic E-state index is -1.31. The van der Waals surface area contributed by atoms with Crippen LogP contribution >= 0.6 is 0 Å². The Morgan fingerprint density at radius 3 is 2.59 bits per heavy atom. The number of fused-ring (bicyclic) bond motifs is 1. The second-order valence-corrected chi connectivity index (χ2v) is 9.04. The highest BCUT2D eigenvalue weighted by Crippen LogP contribution is 2.38. The topological polar surface area (TPSA) is 107 Å². The molecule has 1 fully saturated rings. The molecule has 0 aliphatic heterocycles. The van der Waals surface area contributed by atoms with E-state index in [2.05, 4.69) is 20.6 Å². The van der Waals surface area contributed by atoms with Crippen LogP contribution in [0.4, 0.5) is 4.79 Å². The van der Waals surface area contributed by atoms with Crippen molar-refractivity contribution in [3.8, 4) is 0 Å². The molecule has 0 spiro atoms. The van der Waals surface area contributed by atoms with Crippen LogP contribution in [0, 0.1) is 0 Å². The number of carbonyl (C=O) groups excluding carboxylic acids is 1. The van der Waals surface area contributed by atoms with Crippen molar-refractivity contribution in [2.24, 2.45) is 0 Å². The highest BCUT2D eigenvalue weighted by molar-refractivity contribution is 5.91. The predicted molar refractivity (Wildman–Crippen MR) is 124 cm³/mol. The van der Waals surface area contributed by atoms with E-state index < -0.39 is 11.6 Å². The van der Waals surface area contributed by atoms with Crippen molar-refractivity contribution < 1.29 is 14.7 Å². The lowest BCUT2D eigenvalue weighted by Gasteiger charge is -2.38. The predicted octanol–water partition coefficient (Wildman–Crippen LogP) is 4.15. The Hall–Kier alpha value is -3.35. The summed E-state index contributed by atoms with van der Waals surface area (Å²) < 4.78 is 0. The molecule has 2 aromatic heterocycles. The zero-order valence-corrected chi connectivity index (χ0v) is 18.4. The smallest absolute Gasteiger partial charge is 0.405 e. The first-order chi connectivity index (χ1) is 15.4. The highest BCUT2D eigenvalue weighted by Gasteiger charge is 2.40. The quantitative estimate of drug-likeness (QED) is 0.448. The summed E-state index contributed by atoms with van der Waals surface area (Å²) in [7, 11) is 0. The van der Waals surface area contributed by atoms with Gasteiger partial charge in [-0.25, -0.2) is 4.79 Å². The third-order valence-corrected chi connectivity index (χ3v) is 6.71. The Balaban J connectivity index is 1.56. The number of aromatic nitrogens is 2. The SMILES string of the molecule is C[C@@](Cc1c[nH]c2ccccc12)(NC(=O)O)C(=O)NCC1(c2ccccn2)CCCCC1. The van der Waals surface area contributed by atoms with E-state index in [4.69, 9.17) is 0 Å². The third-order valence-electron chi connectivity index (χ3n) is 6.71. The molecule has 4 N–H and O–H groups in total. The molecule has 168 valence electrons. The summed E-state index contributed by atoms with van der Waals surface area (Å²) in [5, 5.41) is 16.0. The number of nitrogens with one attached hydrogen (secondary N) is 3. The van der Waals surface area contributed by atoms with E-state index in [1.165, 1.54) is 6.42 Å². The number of hydrogen-bond acceptors (Lipinski definition) is 3. The van der Waals surface area contributed by atoms with Gasteiger partial charge in [0.2, 0.25) is 5.91 Å². The second-order valence-electron chi connectivity index (χ2n) is 9.04. The summed E-state index contributed by atoms with van der Waals surface area (Å²) in [6, 6.07) is 13.7. The number of amides is 2. The van der Waals surface area contributed by atoms with Crippen LogP contribution in [0.15, 0.2) is 54.9 Å². The number of hydrogen-bond donors (Lipinski definition) is 4. The fourth-order valence-electron chi connectivity index (χ4n) is 4.95. The van der Waals surface area contributed by atoms with Gasteiger partial charge in [-0.2, -0.15) is 0 Å².